The van der Waals surface area contributed by atoms with Crippen molar-refractivity contribution >= 4 is 11.8 Å². The Labute approximate surface area is 127 Å². The summed E-state index contributed by atoms with van der Waals surface area (Å²) in [5.41, 5.74) is 0. The van der Waals surface area contributed by atoms with E-state index in [0.717, 1.165) is 32.4 Å². The zero-order valence-corrected chi connectivity index (χ0v) is 13.6. The molecule has 0 saturated carbocycles. The van der Waals surface area contributed by atoms with Gasteiger partial charge < -0.3 is 15.0 Å². The van der Waals surface area contributed by atoms with E-state index in [1.54, 1.807) is 7.05 Å². The molecule has 21 heavy (non-hydrogen) atoms. The van der Waals surface area contributed by atoms with Crippen LogP contribution < -0.4 is 5.32 Å². The van der Waals surface area contributed by atoms with Crippen LogP contribution in [0.4, 0.5) is 0 Å². The van der Waals surface area contributed by atoms with Crippen LogP contribution in [0.15, 0.2) is 0 Å². The summed E-state index contributed by atoms with van der Waals surface area (Å²) in [7, 11) is 3.58. The van der Waals surface area contributed by atoms with Crippen molar-refractivity contribution in [3.8, 4) is 0 Å². The van der Waals surface area contributed by atoms with Gasteiger partial charge in [-0.1, -0.05) is 6.92 Å². The topological polar surface area (TPSA) is 61.9 Å². The molecule has 0 aliphatic carbocycles. The van der Waals surface area contributed by atoms with Crippen molar-refractivity contribution in [2.45, 2.75) is 38.7 Å². The minimum Gasteiger partial charge on any atom is -0.377 e. The first kappa shape index (κ1) is 17.9. The summed E-state index contributed by atoms with van der Waals surface area (Å²) in [6.45, 7) is 4.67. The molecule has 0 radical (unpaired) electrons. The second kappa shape index (κ2) is 9.73. The fourth-order valence-electron chi connectivity index (χ4n) is 2.34. The molecule has 6 nitrogen and oxygen atoms in total. The highest BCUT2D eigenvalue weighted by Gasteiger charge is 2.19. The van der Waals surface area contributed by atoms with Crippen molar-refractivity contribution in [3.05, 3.63) is 0 Å². The third-order valence-corrected chi connectivity index (χ3v) is 3.57. The summed E-state index contributed by atoms with van der Waals surface area (Å²) in [6.07, 6.45) is 4.52. The number of hydrogen-bond donors (Lipinski definition) is 1. The van der Waals surface area contributed by atoms with Crippen LogP contribution >= 0.6 is 0 Å². The molecule has 1 N–H and O–H groups in total. The highest BCUT2D eigenvalue weighted by atomic mass is 16.5. The Bertz CT molecular complexity index is 330. The Morgan fingerprint density at radius 3 is 2.62 bits per heavy atom. The van der Waals surface area contributed by atoms with E-state index in [2.05, 4.69) is 5.32 Å². The molecule has 1 fully saturated rings. The lowest BCUT2D eigenvalue weighted by molar-refractivity contribution is -0.135. The van der Waals surface area contributed by atoms with E-state index < -0.39 is 0 Å². The summed E-state index contributed by atoms with van der Waals surface area (Å²) < 4.78 is 5.67. The van der Waals surface area contributed by atoms with Gasteiger partial charge in [0.05, 0.1) is 19.2 Å². The summed E-state index contributed by atoms with van der Waals surface area (Å²) >= 11 is 0. The maximum Gasteiger partial charge on any atom is 0.239 e. The molecule has 122 valence electrons. The Balaban J connectivity index is 2.25. The summed E-state index contributed by atoms with van der Waals surface area (Å²) in [5.74, 6) is -0.147. The third-order valence-electron chi connectivity index (χ3n) is 3.57. The normalized spacial score (nSPS) is 18.6. The zero-order valence-electron chi connectivity index (χ0n) is 13.6. The van der Waals surface area contributed by atoms with E-state index in [9.17, 15) is 9.59 Å². The molecule has 2 amide bonds. The first-order chi connectivity index (χ1) is 10.0. The van der Waals surface area contributed by atoms with Gasteiger partial charge in [0.15, 0.2) is 0 Å². The first-order valence-electron chi connectivity index (χ1n) is 7.83. The molecule has 0 aromatic carbocycles. The second-order valence-corrected chi connectivity index (χ2v) is 5.79. The standard InChI is InChI=1S/C15H29N3O3/c1-4-8-16-14(19)11-18(3)15(20)12-17(2)10-13-7-5-6-9-21-13/h13H,4-12H2,1-3H3,(H,16,19). The number of rotatable bonds is 8. The van der Waals surface area contributed by atoms with E-state index in [0.29, 0.717) is 13.1 Å². The number of nitrogens with one attached hydrogen (secondary N) is 1. The van der Waals surface area contributed by atoms with Gasteiger partial charge in [0.25, 0.3) is 0 Å². The third kappa shape index (κ3) is 7.43. The molecular formula is C15H29N3O3. The van der Waals surface area contributed by atoms with Crippen LogP contribution in [0, 0.1) is 0 Å². The fourth-order valence-corrected chi connectivity index (χ4v) is 2.34. The van der Waals surface area contributed by atoms with Crippen LogP contribution in [0.25, 0.3) is 0 Å². The Morgan fingerprint density at radius 2 is 2.00 bits per heavy atom. The quantitative estimate of drug-likeness (QED) is 0.708. The van der Waals surface area contributed by atoms with Crippen LogP contribution in [-0.2, 0) is 14.3 Å². The van der Waals surface area contributed by atoms with Crippen molar-refractivity contribution in [1.29, 1.82) is 0 Å². The lowest BCUT2D eigenvalue weighted by Crippen LogP contribution is -2.44. The Morgan fingerprint density at radius 1 is 1.24 bits per heavy atom. The van der Waals surface area contributed by atoms with Gasteiger partial charge in [-0.15, -0.1) is 0 Å². The second-order valence-electron chi connectivity index (χ2n) is 5.79. The number of carbonyl (C=O) groups is 2. The molecule has 6 heteroatoms. The Hall–Kier alpha value is -1.14. The van der Waals surface area contributed by atoms with Gasteiger partial charge in [-0.25, -0.2) is 0 Å². The molecule has 1 heterocycles. The van der Waals surface area contributed by atoms with Crippen LogP contribution in [0.5, 0.6) is 0 Å². The lowest BCUT2D eigenvalue weighted by atomic mass is 10.1. The molecule has 1 aliphatic rings. The van der Waals surface area contributed by atoms with Gasteiger partial charge in [0.2, 0.25) is 11.8 Å². The van der Waals surface area contributed by atoms with Gasteiger partial charge in [-0.2, -0.15) is 0 Å². The summed E-state index contributed by atoms with van der Waals surface area (Å²) in [4.78, 5) is 27.1. The average molecular weight is 299 g/mol. The summed E-state index contributed by atoms with van der Waals surface area (Å²) in [5, 5.41) is 2.77. The highest BCUT2D eigenvalue weighted by Crippen LogP contribution is 2.13. The Kier molecular flexibility index (Phi) is 8.30. The monoisotopic (exact) mass is 299 g/mol. The highest BCUT2D eigenvalue weighted by molar-refractivity contribution is 5.85. The molecule has 0 aromatic heterocycles. The lowest BCUT2D eigenvalue weighted by Gasteiger charge is -2.28. The predicted molar refractivity (Wildman–Crippen MR) is 82.0 cm³/mol. The van der Waals surface area contributed by atoms with Crippen LogP contribution in [0.3, 0.4) is 0 Å². The van der Waals surface area contributed by atoms with Gasteiger partial charge in [0, 0.05) is 26.7 Å². The molecule has 1 aliphatic heterocycles. The van der Waals surface area contributed by atoms with Crippen LogP contribution in [-0.4, -0.2) is 74.6 Å². The van der Waals surface area contributed by atoms with Crippen LogP contribution in [0.2, 0.25) is 0 Å². The zero-order chi connectivity index (χ0) is 15.7. The summed E-state index contributed by atoms with van der Waals surface area (Å²) in [6, 6.07) is 0. The maximum absolute atomic E-state index is 12.1. The van der Waals surface area contributed by atoms with E-state index in [1.807, 2.05) is 18.9 Å². The average Bonchev–Trinajstić information content (AvgIpc) is 2.45. The van der Waals surface area contributed by atoms with Gasteiger partial charge >= 0.3 is 0 Å². The number of ether oxygens (including phenoxy) is 1. The minimum absolute atomic E-state index is 0.0417. The molecule has 1 saturated heterocycles. The largest absolute Gasteiger partial charge is 0.377 e. The van der Waals surface area contributed by atoms with Gasteiger partial charge in [-0.3, -0.25) is 14.5 Å². The van der Waals surface area contributed by atoms with Gasteiger partial charge in [-0.05, 0) is 32.7 Å². The van der Waals surface area contributed by atoms with Crippen LogP contribution in [0.1, 0.15) is 32.6 Å². The predicted octanol–water partition coefficient (Wildman–Crippen LogP) is 0.472. The number of hydrogen-bond acceptors (Lipinski definition) is 4. The molecule has 1 unspecified atom stereocenters. The molecule has 0 bridgehead atoms. The maximum atomic E-state index is 12.1. The number of carbonyl (C=O) groups excluding carboxylic acids is 2. The van der Waals surface area contributed by atoms with Crippen molar-refractivity contribution in [1.82, 2.24) is 15.1 Å². The van der Waals surface area contributed by atoms with Gasteiger partial charge in [0.1, 0.15) is 0 Å². The van der Waals surface area contributed by atoms with Crippen molar-refractivity contribution in [2.75, 3.05) is 46.9 Å². The molecular weight excluding hydrogens is 270 g/mol. The van der Waals surface area contributed by atoms with Crippen molar-refractivity contribution in [2.24, 2.45) is 0 Å². The minimum atomic E-state index is -0.106. The SMILES string of the molecule is CCCNC(=O)CN(C)C(=O)CN(C)CC1CCCCO1. The molecule has 0 spiro atoms. The molecule has 1 rings (SSSR count). The van der Waals surface area contributed by atoms with E-state index in [1.165, 1.54) is 11.3 Å². The van der Waals surface area contributed by atoms with Crippen molar-refractivity contribution in [3.63, 3.8) is 0 Å². The van der Waals surface area contributed by atoms with Crippen molar-refractivity contribution < 1.29 is 14.3 Å². The first-order valence-corrected chi connectivity index (χ1v) is 7.83. The van der Waals surface area contributed by atoms with E-state index >= 15 is 0 Å². The molecule has 1 atom stereocenters. The number of nitrogens with zero attached hydrogens (tertiary/aromatic N) is 2. The fraction of sp³-hybridized carbons (Fsp3) is 0.867. The molecule has 0 aromatic rings. The number of amides is 2. The van der Waals surface area contributed by atoms with E-state index in [-0.39, 0.29) is 24.5 Å². The van der Waals surface area contributed by atoms with E-state index in [4.69, 9.17) is 4.74 Å². The number of likely N-dealkylation sites (N-methyl/N-ethyl adjacent to an activating group) is 2. The smallest absolute Gasteiger partial charge is 0.239 e.